The predicted molar refractivity (Wildman–Crippen MR) is 109 cm³/mol. The van der Waals surface area contributed by atoms with Crippen LogP contribution in [0.1, 0.15) is 16.8 Å². The van der Waals surface area contributed by atoms with Crippen molar-refractivity contribution in [3.63, 3.8) is 0 Å². The molecule has 5 aromatic rings. The second kappa shape index (κ2) is 6.74. The zero-order valence-electron chi connectivity index (χ0n) is 15.3. The van der Waals surface area contributed by atoms with Gasteiger partial charge in [-0.25, -0.2) is 0 Å². The smallest absolute Gasteiger partial charge is 0.301 e. The van der Waals surface area contributed by atoms with E-state index < -0.39 is 0 Å². The molecule has 0 aliphatic rings. The van der Waals surface area contributed by atoms with Gasteiger partial charge in [-0.05, 0) is 36.2 Å². The van der Waals surface area contributed by atoms with Gasteiger partial charge in [0.25, 0.3) is 0 Å². The number of aromatic nitrogens is 4. The zero-order valence-corrected chi connectivity index (χ0v) is 15.3. The van der Waals surface area contributed by atoms with Crippen molar-refractivity contribution >= 4 is 33.7 Å². The summed E-state index contributed by atoms with van der Waals surface area (Å²) in [6.07, 6.45) is 4.27. The highest BCUT2D eigenvalue weighted by molar-refractivity contribution is 5.94. The summed E-state index contributed by atoms with van der Waals surface area (Å²) < 4.78 is 5.88. The minimum Gasteiger partial charge on any atom is -0.423 e. The molecule has 0 fully saturated rings. The fraction of sp³-hybridized carbons (Fsp3) is 0.0909. The van der Waals surface area contributed by atoms with Gasteiger partial charge in [0.05, 0.1) is 5.69 Å². The van der Waals surface area contributed by atoms with Gasteiger partial charge >= 0.3 is 6.01 Å². The molecule has 2 aromatic carbocycles. The molecule has 3 aromatic heterocycles. The number of hydrogen-bond acceptors (Lipinski definition) is 6. The van der Waals surface area contributed by atoms with E-state index in [9.17, 15) is 0 Å². The number of para-hydroxylation sites is 1. The summed E-state index contributed by atoms with van der Waals surface area (Å²) in [5.41, 5.74) is 4.69. The lowest BCUT2D eigenvalue weighted by Crippen LogP contribution is -2.02. The van der Waals surface area contributed by atoms with Gasteiger partial charge in [0.15, 0.2) is 11.4 Å². The number of rotatable bonds is 4. The van der Waals surface area contributed by atoms with E-state index >= 15 is 0 Å². The molecule has 0 spiro atoms. The Morgan fingerprint density at radius 1 is 0.893 bits per heavy atom. The second-order valence-corrected chi connectivity index (χ2v) is 6.64. The third-order valence-electron chi connectivity index (χ3n) is 4.72. The number of anilines is 2. The molecular formula is C22H17N5O. The van der Waals surface area contributed by atoms with Crippen molar-refractivity contribution in [2.75, 3.05) is 5.32 Å². The standard InChI is InChI=1S/C22H17N5O/c1-14-5-4-8-18-20(14)28-22(24-18)25-21-17-7-3-2-6-16(17)19(26-27-21)13-15-9-11-23-12-10-15/h2-12H,13H2,1H3,(H,24,25,27). The van der Waals surface area contributed by atoms with E-state index in [4.69, 9.17) is 4.42 Å². The maximum absolute atomic E-state index is 5.88. The maximum atomic E-state index is 5.88. The Kier molecular flexibility index (Phi) is 3.94. The van der Waals surface area contributed by atoms with Crippen LogP contribution in [0.15, 0.2) is 71.4 Å². The summed E-state index contributed by atoms with van der Waals surface area (Å²) in [6, 6.07) is 18.4. The Labute approximate surface area is 161 Å². The van der Waals surface area contributed by atoms with Crippen LogP contribution >= 0.6 is 0 Å². The minimum atomic E-state index is 0.408. The van der Waals surface area contributed by atoms with E-state index in [0.29, 0.717) is 18.3 Å². The van der Waals surface area contributed by atoms with Crippen LogP contribution in [0.2, 0.25) is 0 Å². The number of benzene rings is 2. The molecule has 3 heterocycles. The van der Waals surface area contributed by atoms with Gasteiger partial charge < -0.3 is 4.42 Å². The highest BCUT2D eigenvalue weighted by Crippen LogP contribution is 2.28. The lowest BCUT2D eigenvalue weighted by atomic mass is 10.1. The Balaban J connectivity index is 1.55. The molecule has 6 heteroatoms. The SMILES string of the molecule is Cc1cccc2nc(Nc3nnc(Cc4ccncc4)c4ccccc34)oc12. The Bertz CT molecular complexity index is 1280. The number of oxazole rings is 1. The van der Waals surface area contributed by atoms with Crippen molar-refractivity contribution in [2.45, 2.75) is 13.3 Å². The highest BCUT2D eigenvalue weighted by Gasteiger charge is 2.13. The lowest BCUT2D eigenvalue weighted by Gasteiger charge is -2.09. The summed E-state index contributed by atoms with van der Waals surface area (Å²) in [5, 5.41) is 14.1. The predicted octanol–water partition coefficient (Wildman–Crippen LogP) is 4.81. The van der Waals surface area contributed by atoms with E-state index in [1.54, 1.807) is 12.4 Å². The summed E-state index contributed by atoms with van der Waals surface area (Å²) in [4.78, 5) is 8.58. The van der Waals surface area contributed by atoms with Crippen molar-refractivity contribution in [1.29, 1.82) is 0 Å². The van der Waals surface area contributed by atoms with E-state index in [1.165, 1.54) is 0 Å². The van der Waals surface area contributed by atoms with Crippen LogP contribution in [0.25, 0.3) is 21.9 Å². The third-order valence-corrected chi connectivity index (χ3v) is 4.72. The van der Waals surface area contributed by atoms with Gasteiger partial charge in [-0.3, -0.25) is 10.3 Å². The number of nitrogens with one attached hydrogen (secondary N) is 1. The first-order valence-corrected chi connectivity index (χ1v) is 9.04. The number of hydrogen-bond donors (Lipinski definition) is 1. The van der Waals surface area contributed by atoms with Crippen molar-refractivity contribution in [2.24, 2.45) is 0 Å². The molecule has 0 saturated carbocycles. The molecule has 6 nitrogen and oxygen atoms in total. The van der Waals surface area contributed by atoms with Gasteiger partial charge in [-0.15, -0.1) is 5.10 Å². The van der Waals surface area contributed by atoms with Crippen LogP contribution in [0.3, 0.4) is 0 Å². The first-order valence-electron chi connectivity index (χ1n) is 9.04. The van der Waals surface area contributed by atoms with Crippen molar-refractivity contribution < 1.29 is 4.42 Å². The lowest BCUT2D eigenvalue weighted by molar-refractivity contribution is 0.620. The monoisotopic (exact) mass is 367 g/mol. The molecule has 28 heavy (non-hydrogen) atoms. The summed E-state index contributed by atoms with van der Waals surface area (Å²) in [6.45, 7) is 2.00. The van der Waals surface area contributed by atoms with Gasteiger partial charge in [0, 0.05) is 29.6 Å². The molecule has 0 aliphatic carbocycles. The Morgan fingerprint density at radius 3 is 2.54 bits per heavy atom. The van der Waals surface area contributed by atoms with Crippen LogP contribution < -0.4 is 5.32 Å². The Hall–Kier alpha value is -3.80. The fourth-order valence-corrected chi connectivity index (χ4v) is 3.32. The summed E-state index contributed by atoms with van der Waals surface area (Å²) >= 11 is 0. The fourth-order valence-electron chi connectivity index (χ4n) is 3.32. The Morgan fingerprint density at radius 2 is 1.71 bits per heavy atom. The topological polar surface area (TPSA) is 76.7 Å². The number of fused-ring (bicyclic) bond motifs is 2. The normalized spacial score (nSPS) is 11.2. The van der Waals surface area contributed by atoms with Gasteiger partial charge in [-0.1, -0.05) is 36.4 Å². The van der Waals surface area contributed by atoms with Crippen LogP contribution in [0.5, 0.6) is 0 Å². The van der Waals surface area contributed by atoms with E-state index in [0.717, 1.165) is 38.7 Å². The molecule has 5 rings (SSSR count). The minimum absolute atomic E-state index is 0.408. The number of nitrogens with zero attached hydrogens (tertiary/aromatic N) is 4. The quantitative estimate of drug-likeness (QED) is 0.491. The van der Waals surface area contributed by atoms with Crippen molar-refractivity contribution in [3.05, 3.63) is 83.8 Å². The molecule has 0 saturated heterocycles. The van der Waals surface area contributed by atoms with Crippen LogP contribution in [0.4, 0.5) is 11.8 Å². The average molecular weight is 367 g/mol. The van der Waals surface area contributed by atoms with Gasteiger partial charge in [0.2, 0.25) is 0 Å². The number of pyridine rings is 1. The summed E-state index contributed by atoms with van der Waals surface area (Å²) in [7, 11) is 0. The van der Waals surface area contributed by atoms with E-state index in [1.807, 2.05) is 55.5 Å². The molecule has 0 radical (unpaired) electrons. The first-order chi connectivity index (χ1) is 13.8. The zero-order chi connectivity index (χ0) is 18.9. The molecule has 0 amide bonds. The number of aryl methyl sites for hydroxylation is 1. The molecular weight excluding hydrogens is 350 g/mol. The molecule has 0 atom stereocenters. The average Bonchev–Trinajstić information content (AvgIpc) is 3.15. The molecule has 0 bridgehead atoms. The molecule has 0 unspecified atom stereocenters. The molecule has 1 N–H and O–H groups in total. The van der Waals surface area contributed by atoms with Crippen molar-refractivity contribution in [1.82, 2.24) is 20.2 Å². The van der Waals surface area contributed by atoms with E-state index in [-0.39, 0.29) is 0 Å². The van der Waals surface area contributed by atoms with Gasteiger partial charge in [-0.2, -0.15) is 10.1 Å². The maximum Gasteiger partial charge on any atom is 0.301 e. The van der Waals surface area contributed by atoms with Crippen LogP contribution in [0, 0.1) is 6.92 Å². The third kappa shape index (κ3) is 2.95. The highest BCUT2D eigenvalue weighted by atomic mass is 16.4. The van der Waals surface area contributed by atoms with Crippen molar-refractivity contribution in [3.8, 4) is 0 Å². The summed E-state index contributed by atoms with van der Waals surface area (Å²) in [5.74, 6) is 0.623. The second-order valence-electron chi connectivity index (χ2n) is 6.64. The first kappa shape index (κ1) is 16.4. The molecule has 136 valence electrons. The van der Waals surface area contributed by atoms with Crippen LogP contribution in [-0.2, 0) is 6.42 Å². The van der Waals surface area contributed by atoms with E-state index in [2.05, 4.69) is 31.5 Å². The molecule has 0 aliphatic heterocycles. The van der Waals surface area contributed by atoms with Gasteiger partial charge in [0.1, 0.15) is 5.52 Å². The largest absolute Gasteiger partial charge is 0.423 e. The van der Waals surface area contributed by atoms with Crippen LogP contribution in [-0.4, -0.2) is 20.2 Å².